The Kier molecular flexibility index (Phi) is 5.73. The zero-order valence-electron chi connectivity index (χ0n) is 12.2. The van der Waals surface area contributed by atoms with Gasteiger partial charge >= 0.3 is 11.8 Å². The van der Waals surface area contributed by atoms with Gasteiger partial charge in [-0.05, 0) is 18.2 Å². The van der Waals surface area contributed by atoms with Crippen molar-refractivity contribution < 1.29 is 18.7 Å². The van der Waals surface area contributed by atoms with Crippen molar-refractivity contribution in [1.82, 2.24) is 20.4 Å². The molecule has 2 rings (SSSR count). The lowest BCUT2D eigenvalue weighted by Gasteiger charge is -2.16. The van der Waals surface area contributed by atoms with E-state index < -0.39 is 11.8 Å². The molecule has 8 heteroatoms. The molecule has 2 aromatic heterocycles. The minimum Gasteiger partial charge on any atom is -0.467 e. The summed E-state index contributed by atoms with van der Waals surface area (Å²) in [4.78, 5) is 23.3. The summed E-state index contributed by atoms with van der Waals surface area (Å²) in [5.74, 6) is -0.765. The highest BCUT2D eigenvalue weighted by atomic mass is 16.5. The second-order valence-corrected chi connectivity index (χ2v) is 4.48. The smallest absolute Gasteiger partial charge is 0.309 e. The molecule has 1 unspecified atom stereocenters. The highest BCUT2D eigenvalue weighted by molar-refractivity contribution is 6.35. The van der Waals surface area contributed by atoms with Crippen molar-refractivity contribution in [1.29, 1.82) is 0 Å². The SMILES string of the molecule is COCCNC(=O)C(=O)NCC(c1ccco1)n1cccn1. The Morgan fingerprint density at radius 1 is 1.36 bits per heavy atom. The van der Waals surface area contributed by atoms with Crippen LogP contribution in [0.15, 0.2) is 41.3 Å². The molecule has 2 N–H and O–H groups in total. The van der Waals surface area contributed by atoms with Crippen molar-refractivity contribution in [2.45, 2.75) is 6.04 Å². The molecule has 0 saturated heterocycles. The van der Waals surface area contributed by atoms with Gasteiger partial charge in [-0.15, -0.1) is 0 Å². The van der Waals surface area contributed by atoms with E-state index >= 15 is 0 Å². The molecule has 22 heavy (non-hydrogen) atoms. The number of furan rings is 1. The minimum absolute atomic E-state index is 0.186. The van der Waals surface area contributed by atoms with E-state index in [1.807, 2.05) is 0 Å². The molecule has 0 fully saturated rings. The topological polar surface area (TPSA) is 98.4 Å². The monoisotopic (exact) mass is 306 g/mol. The number of methoxy groups -OCH3 is 1. The first-order valence-electron chi connectivity index (χ1n) is 6.80. The van der Waals surface area contributed by atoms with Gasteiger partial charge in [0.15, 0.2) is 0 Å². The van der Waals surface area contributed by atoms with Crippen LogP contribution in [-0.4, -0.2) is 48.4 Å². The van der Waals surface area contributed by atoms with Gasteiger partial charge in [0, 0.05) is 32.6 Å². The summed E-state index contributed by atoms with van der Waals surface area (Å²) in [5.41, 5.74) is 0. The van der Waals surface area contributed by atoms with Crippen LogP contribution in [0.25, 0.3) is 0 Å². The molecule has 2 heterocycles. The van der Waals surface area contributed by atoms with Crippen LogP contribution >= 0.6 is 0 Å². The molecule has 0 aromatic carbocycles. The third-order valence-electron chi connectivity index (χ3n) is 2.97. The van der Waals surface area contributed by atoms with Crippen molar-refractivity contribution in [3.05, 3.63) is 42.6 Å². The lowest BCUT2D eigenvalue weighted by Crippen LogP contribution is -2.43. The van der Waals surface area contributed by atoms with Gasteiger partial charge in [0.25, 0.3) is 0 Å². The van der Waals surface area contributed by atoms with Crippen molar-refractivity contribution in [3.8, 4) is 0 Å². The van der Waals surface area contributed by atoms with Crippen LogP contribution in [-0.2, 0) is 14.3 Å². The van der Waals surface area contributed by atoms with E-state index in [1.54, 1.807) is 41.5 Å². The van der Waals surface area contributed by atoms with Gasteiger partial charge in [0.1, 0.15) is 11.8 Å². The fourth-order valence-corrected chi connectivity index (χ4v) is 1.89. The standard InChI is InChI=1S/C14H18N4O4/c1-21-9-6-15-13(19)14(20)16-10-11(12-4-2-8-22-12)18-7-3-5-17-18/h2-5,7-8,11H,6,9-10H2,1H3,(H,15,19)(H,16,20). The minimum atomic E-state index is -0.709. The Hall–Kier alpha value is -2.61. The van der Waals surface area contributed by atoms with Crippen LogP contribution in [0, 0.1) is 0 Å². The lowest BCUT2D eigenvalue weighted by molar-refractivity contribution is -0.139. The number of nitrogens with zero attached hydrogens (tertiary/aromatic N) is 2. The van der Waals surface area contributed by atoms with Gasteiger partial charge in [-0.2, -0.15) is 5.10 Å². The Morgan fingerprint density at radius 3 is 2.82 bits per heavy atom. The first-order valence-corrected chi connectivity index (χ1v) is 6.80. The zero-order valence-corrected chi connectivity index (χ0v) is 12.2. The molecule has 0 bridgehead atoms. The van der Waals surface area contributed by atoms with E-state index in [0.29, 0.717) is 12.4 Å². The first-order chi connectivity index (χ1) is 10.7. The first kappa shape index (κ1) is 15.8. The van der Waals surface area contributed by atoms with Crippen LogP contribution < -0.4 is 10.6 Å². The lowest BCUT2D eigenvalue weighted by atomic mass is 10.2. The predicted octanol–water partition coefficient (Wildman–Crippen LogP) is -0.0557. The number of hydrogen-bond acceptors (Lipinski definition) is 5. The summed E-state index contributed by atoms with van der Waals surface area (Å²) < 4.78 is 11.8. The molecule has 0 saturated carbocycles. The number of ether oxygens (including phenoxy) is 1. The fraction of sp³-hybridized carbons (Fsp3) is 0.357. The van der Waals surface area contributed by atoms with Crippen molar-refractivity contribution >= 4 is 11.8 Å². The normalized spacial score (nSPS) is 11.9. The Balaban J connectivity index is 1.92. The maximum atomic E-state index is 11.8. The Labute approximate surface area is 127 Å². The summed E-state index contributed by atoms with van der Waals surface area (Å²) >= 11 is 0. The molecule has 8 nitrogen and oxygen atoms in total. The molecule has 0 spiro atoms. The molecule has 2 amide bonds. The highest BCUT2D eigenvalue weighted by Gasteiger charge is 2.20. The number of amides is 2. The van der Waals surface area contributed by atoms with E-state index in [-0.39, 0.29) is 19.1 Å². The second-order valence-electron chi connectivity index (χ2n) is 4.48. The third-order valence-corrected chi connectivity index (χ3v) is 2.97. The van der Waals surface area contributed by atoms with E-state index in [4.69, 9.17) is 9.15 Å². The summed E-state index contributed by atoms with van der Waals surface area (Å²) in [5, 5.41) is 9.17. The van der Waals surface area contributed by atoms with Crippen molar-refractivity contribution in [2.75, 3.05) is 26.8 Å². The van der Waals surface area contributed by atoms with Gasteiger partial charge in [-0.25, -0.2) is 0 Å². The van der Waals surface area contributed by atoms with Gasteiger partial charge in [0.05, 0.1) is 12.9 Å². The largest absolute Gasteiger partial charge is 0.467 e. The summed E-state index contributed by atoms with van der Waals surface area (Å²) in [6.45, 7) is 0.816. The van der Waals surface area contributed by atoms with Crippen LogP contribution in [0.4, 0.5) is 0 Å². The number of rotatable bonds is 7. The molecule has 118 valence electrons. The van der Waals surface area contributed by atoms with Gasteiger partial charge < -0.3 is 19.8 Å². The molecule has 0 aliphatic carbocycles. The average molecular weight is 306 g/mol. The Bertz CT molecular complexity index is 546. The van der Waals surface area contributed by atoms with Crippen LogP contribution in [0.3, 0.4) is 0 Å². The number of aromatic nitrogens is 2. The molecule has 0 aliphatic rings. The third kappa shape index (κ3) is 4.19. The number of hydrogen-bond donors (Lipinski definition) is 2. The van der Waals surface area contributed by atoms with E-state index in [1.165, 1.54) is 7.11 Å². The zero-order chi connectivity index (χ0) is 15.8. The average Bonchev–Trinajstić information content (AvgIpc) is 3.21. The number of nitrogens with one attached hydrogen (secondary N) is 2. The van der Waals surface area contributed by atoms with Crippen LogP contribution in [0.5, 0.6) is 0 Å². The van der Waals surface area contributed by atoms with Crippen molar-refractivity contribution in [3.63, 3.8) is 0 Å². The maximum absolute atomic E-state index is 11.8. The molecule has 0 radical (unpaired) electrons. The number of carbonyl (C=O) groups is 2. The van der Waals surface area contributed by atoms with E-state index in [2.05, 4.69) is 15.7 Å². The predicted molar refractivity (Wildman–Crippen MR) is 77.0 cm³/mol. The fourth-order valence-electron chi connectivity index (χ4n) is 1.89. The molecular formula is C14H18N4O4. The van der Waals surface area contributed by atoms with E-state index in [0.717, 1.165) is 0 Å². The van der Waals surface area contributed by atoms with Crippen LogP contribution in [0.2, 0.25) is 0 Å². The molecule has 2 aromatic rings. The summed E-state index contributed by atoms with van der Waals surface area (Å²) in [6.07, 6.45) is 4.94. The molecule has 1 atom stereocenters. The highest BCUT2D eigenvalue weighted by Crippen LogP contribution is 2.16. The molecular weight excluding hydrogens is 288 g/mol. The van der Waals surface area contributed by atoms with Gasteiger partial charge in [-0.3, -0.25) is 14.3 Å². The van der Waals surface area contributed by atoms with Crippen molar-refractivity contribution in [2.24, 2.45) is 0 Å². The number of carbonyl (C=O) groups excluding carboxylic acids is 2. The quantitative estimate of drug-likeness (QED) is 0.552. The van der Waals surface area contributed by atoms with E-state index in [9.17, 15) is 9.59 Å². The summed E-state index contributed by atoms with van der Waals surface area (Å²) in [7, 11) is 1.52. The second kappa shape index (κ2) is 7.99. The van der Waals surface area contributed by atoms with Gasteiger partial charge in [-0.1, -0.05) is 0 Å². The molecule has 0 aliphatic heterocycles. The summed E-state index contributed by atoms with van der Waals surface area (Å²) in [6, 6.07) is 5.00. The maximum Gasteiger partial charge on any atom is 0.309 e. The van der Waals surface area contributed by atoms with Crippen LogP contribution in [0.1, 0.15) is 11.8 Å². The Morgan fingerprint density at radius 2 is 2.18 bits per heavy atom. The van der Waals surface area contributed by atoms with Gasteiger partial charge in [0.2, 0.25) is 0 Å².